The topological polar surface area (TPSA) is 112 Å². The number of fused-ring (bicyclic) bond motifs is 3. The first-order chi connectivity index (χ1) is 15.3. The summed E-state index contributed by atoms with van der Waals surface area (Å²) in [6, 6.07) is -0.621. The number of nitrogens with zero attached hydrogens (tertiary/aromatic N) is 3. The molecule has 1 aromatic heterocycles. The van der Waals surface area contributed by atoms with Crippen LogP contribution in [0.1, 0.15) is 47.1 Å². The molecule has 1 atom stereocenters. The molecule has 0 fully saturated rings. The van der Waals surface area contributed by atoms with Gasteiger partial charge in [0.05, 0.1) is 12.8 Å². The quantitative estimate of drug-likeness (QED) is 0.638. The van der Waals surface area contributed by atoms with Gasteiger partial charge in [-0.2, -0.15) is 5.10 Å². The highest BCUT2D eigenvalue weighted by Gasteiger charge is 2.31. The molecule has 1 unspecified atom stereocenters. The van der Waals surface area contributed by atoms with Crippen molar-refractivity contribution >= 4 is 21.6 Å². The average molecular weight is 459 g/mol. The molecule has 2 amide bonds. The molecule has 5 rings (SSSR count). The number of rotatable bonds is 5. The van der Waals surface area contributed by atoms with Crippen LogP contribution >= 0.6 is 0 Å². The number of hydrogen-bond acceptors (Lipinski definition) is 6. The van der Waals surface area contributed by atoms with Gasteiger partial charge in [-0.25, -0.2) is 23.2 Å². The van der Waals surface area contributed by atoms with Gasteiger partial charge in [-0.05, 0) is 80.4 Å². The average Bonchev–Trinajstić information content (AvgIpc) is 3.49. The van der Waals surface area contributed by atoms with Crippen LogP contribution < -0.4 is 14.8 Å². The Labute approximate surface area is 188 Å². The van der Waals surface area contributed by atoms with E-state index in [-0.39, 0.29) is 4.90 Å². The number of ether oxygens (including phenoxy) is 1. The second-order valence-corrected chi connectivity index (χ2v) is 10.8. The number of amides is 2. The Morgan fingerprint density at radius 3 is 2.47 bits per heavy atom. The molecule has 2 aromatic rings. The van der Waals surface area contributed by atoms with Crippen LogP contribution in [0.4, 0.5) is 10.5 Å². The van der Waals surface area contributed by atoms with Crippen LogP contribution in [0.5, 0.6) is 5.88 Å². The van der Waals surface area contributed by atoms with Gasteiger partial charge in [0.25, 0.3) is 0 Å². The summed E-state index contributed by atoms with van der Waals surface area (Å²) < 4.78 is 31.0. The SMILES string of the molecule is CN(C)Cc1c2c(c(NC(=O)NS(=N)(=O)c3cnn4c3OCCC4)c3c1CCC3)CCC2. The highest BCUT2D eigenvalue weighted by atomic mass is 32.2. The standard InChI is InChI=1S/C22H30N6O3S/c1-27(2)13-18-14-6-3-8-16(14)20(17-9-4-7-15(17)18)25-22(29)26-32(23,30)19-12-24-28-10-5-11-31-21(19)28/h12H,3-11,13H2,1-2H3,(H3,23,25,26,29,30). The Morgan fingerprint density at radius 2 is 1.81 bits per heavy atom. The molecule has 2 aliphatic carbocycles. The fourth-order valence-electron chi connectivity index (χ4n) is 5.29. The van der Waals surface area contributed by atoms with E-state index in [9.17, 15) is 9.00 Å². The monoisotopic (exact) mass is 458 g/mol. The number of benzene rings is 1. The lowest BCUT2D eigenvalue weighted by Crippen LogP contribution is -2.34. The molecule has 2 heterocycles. The molecule has 0 radical (unpaired) electrons. The van der Waals surface area contributed by atoms with E-state index in [1.165, 1.54) is 34.0 Å². The van der Waals surface area contributed by atoms with Crippen molar-refractivity contribution in [3.63, 3.8) is 0 Å². The minimum atomic E-state index is -3.61. The lowest BCUT2D eigenvalue weighted by molar-refractivity contribution is 0.224. The van der Waals surface area contributed by atoms with E-state index in [1.54, 1.807) is 4.68 Å². The fourth-order valence-corrected chi connectivity index (χ4v) is 6.32. The molecule has 3 N–H and O–H groups in total. The Hall–Kier alpha value is -2.59. The molecule has 0 spiro atoms. The number of aromatic nitrogens is 2. The lowest BCUT2D eigenvalue weighted by atomic mass is 9.91. The Kier molecular flexibility index (Phi) is 5.37. The summed E-state index contributed by atoms with van der Waals surface area (Å²) in [6.45, 7) is 2.04. The summed E-state index contributed by atoms with van der Waals surface area (Å²) in [6.07, 6.45) is 8.23. The van der Waals surface area contributed by atoms with Crippen molar-refractivity contribution in [2.45, 2.75) is 62.9 Å². The van der Waals surface area contributed by atoms with Crippen molar-refractivity contribution in [3.05, 3.63) is 34.0 Å². The second-order valence-electron chi connectivity index (χ2n) is 9.06. The van der Waals surface area contributed by atoms with Crippen LogP contribution in [0.25, 0.3) is 0 Å². The van der Waals surface area contributed by atoms with E-state index in [0.29, 0.717) is 19.0 Å². The molecule has 1 aromatic carbocycles. The third-order valence-electron chi connectivity index (χ3n) is 6.54. The maximum atomic E-state index is 13.1. The first-order valence-corrected chi connectivity index (χ1v) is 12.8. The van der Waals surface area contributed by atoms with Gasteiger partial charge in [-0.1, -0.05) is 0 Å². The summed E-state index contributed by atoms with van der Waals surface area (Å²) >= 11 is 0. The van der Waals surface area contributed by atoms with Crippen molar-refractivity contribution in [2.75, 3.05) is 26.0 Å². The van der Waals surface area contributed by atoms with E-state index >= 15 is 0 Å². The predicted molar refractivity (Wildman–Crippen MR) is 122 cm³/mol. The van der Waals surface area contributed by atoms with Crippen molar-refractivity contribution < 1.29 is 13.7 Å². The number of nitrogens with one attached hydrogen (secondary N) is 3. The number of hydrogen-bond donors (Lipinski definition) is 3. The summed E-state index contributed by atoms with van der Waals surface area (Å²) in [5.74, 6) is 0.311. The highest BCUT2D eigenvalue weighted by Crippen LogP contribution is 2.42. The summed E-state index contributed by atoms with van der Waals surface area (Å²) in [5, 5.41) is 7.15. The van der Waals surface area contributed by atoms with Crippen LogP contribution in [0.2, 0.25) is 0 Å². The van der Waals surface area contributed by atoms with Gasteiger partial charge in [-0.3, -0.25) is 0 Å². The van der Waals surface area contributed by atoms with Gasteiger partial charge < -0.3 is 15.0 Å². The second kappa shape index (κ2) is 8.08. The summed E-state index contributed by atoms with van der Waals surface area (Å²) in [4.78, 5) is 15.3. The number of carbonyl (C=O) groups excluding carboxylic acids is 1. The number of aryl methyl sites for hydroxylation is 1. The zero-order chi connectivity index (χ0) is 22.5. The highest BCUT2D eigenvalue weighted by molar-refractivity contribution is 7.91. The maximum absolute atomic E-state index is 13.1. The van der Waals surface area contributed by atoms with Crippen LogP contribution in [0, 0.1) is 4.78 Å². The largest absolute Gasteiger partial charge is 0.477 e. The predicted octanol–water partition coefficient (Wildman–Crippen LogP) is 2.85. The molecule has 0 bridgehead atoms. The van der Waals surface area contributed by atoms with Crippen molar-refractivity contribution in [1.82, 2.24) is 19.4 Å². The molecule has 9 nitrogen and oxygen atoms in total. The first-order valence-electron chi connectivity index (χ1n) is 11.2. The zero-order valence-electron chi connectivity index (χ0n) is 18.6. The van der Waals surface area contributed by atoms with Gasteiger partial charge in [0.15, 0.2) is 9.92 Å². The first kappa shape index (κ1) is 21.3. The van der Waals surface area contributed by atoms with Gasteiger partial charge in [0, 0.05) is 25.2 Å². The van der Waals surface area contributed by atoms with E-state index in [4.69, 9.17) is 9.52 Å². The number of carbonyl (C=O) groups is 1. The Bertz CT molecular complexity index is 1150. The summed E-state index contributed by atoms with van der Waals surface area (Å²) in [7, 11) is 0.572. The molecule has 32 heavy (non-hydrogen) atoms. The van der Waals surface area contributed by atoms with Crippen LogP contribution in [0.15, 0.2) is 11.1 Å². The maximum Gasteiger partial charge on any atom is 0.331 e. The third-order valence-corrected chi connectivity index (χ3v) is 7.91. The summed E-state index contributed by atoms with van der Waals surface area (Å²) in [5.41, 5.74) is 7.43. The van der Waals surface area contributed by atoms with Crippen LogP contribution in [-0.2, 0) is 48.7 Å². The van der Waals surface area contributed by atoms with E-state index in [1.807, 2.05) is 0 Å². The van der Waals surface area contributed by atoms with Gasteiger partial charge in [0.1, 0.15) is 4.90 Å². The minimum absolute atomic E-state index is 0.115. The smallest absolute Gasteiger partial charge is 0.331 e. The van der Waals surface area contributed by atoms with Gasteiger partial charge in [-0.15, -0.1) is 0 Å². The normalized spacial score (nSPS) is 18.5. The molecular weight excluding hydrogens is 428 g/mol. The zero-order valence-corrected chi connectivity index (χ0v) is 19.4. The third kappa shape index (κ3) is 3.65. The van der Waals surface area contributed by atoms with Gasteiger partial charge in [0.2, 0.25) is 5.88 Å². The van der Waals surface area contributed by atoms with E-state index < -0.39 is 15.9 Å². The molecule has 172 valence electrons. The Balaban J connectivity index is 1.44. The van der Waals surface area contributed by atoms with Crippen molar-refractivity contribution in [2.24, 2.45) is 0 Å². The Morgan fingerprint density at radius 1 is 1.16 bits per heavy atom. The van der Waals surface area contributed by atoms with Crippen molar-refractivity contribution in [3.8, 4) is 5.88 Å². The molecule has 0 saturated carbocycles. The van der Waals surface area contributed by atoms with Gasteiger partial charge >= 0.3 is 6.03 Å². The molecule has 10 heteroatoms. The number of urea groups is 1. The van der Waals surface area contributed by atoms with Crippen LogP contribution in [-0.4, -0.2) is 45.6 Å². The fraction of sp³-hybridized carbons (Fsp3) is 0.545. The molecular formula is C22H30N6O3S. The van der Waals surface area contributed by atoms with E-state index in [0.717, 1.165) is 57.2 Å². The lowest BCUT2D eigenvalue weighted by Gasteiger charge is -2.23. The minimum Gasteiger partial charge on any atom is -0.477 e. The number of anilines is 1. The van der Waals surface area contributed by atoms with Crippen molar-refractivity contribution in [1.29, 1.82) is 4.78 Å². The molecule has 0 saturated heterocycles. The van der Waals surface area contributed by atoms with E-state index in [2.05, 4.69) is 34.1 Å². The molecule has 3 aliphatic rings. The van der Waals surface area contributed by atoms with Crippen LogP contribution in [0.3, 0.4) is 0 Å². The molecule has 1 aliphatic heterocycles.